The zero-order valence-electron chi connectivity index (χ0n) is 11.1. The van der Waals surface area contributed by atoms with Gasteiger partial charge in [-0.25, -0.2) is 0 Å². The molecule has 0 aromatic heterocycles. The second-order valence-corrected chi connectivity index (χ2v) is 4.55. The molecule has 1 aromatic carbocycles. The van der Waals surface area contributed by atoms with Crippen molar-refractivity contribution in [1.29, 1.82) is 0 Å². The Hall–Kier alpha value is -1.44. The molecule has 0 amide bonds. The lowest BCUT2D eigenvalue weighted by Crippen LogP contribution is -2.46. The van der Waals surface area contributed by atoms with Crippen molar-refractivity contribution in [1.82, 2.24) is 0 Å². The summed E-state index contributed by atoms with van der Waals surface area (Å²) in [4.78, 5) is 0. The number of benzene rings is 1. The largest absolute Gasteiger partial charge is 0.509 e. The topological polar surface area (TPSA) is 121 Å². The third kappa shape index (κ3) is 3.78. The van der Waals surface area contributed by atoms with Crippen molar-refractivity contribution in [2.45, 2.75) is 31.3 Å². The maximum absolute atomic E-state index is 9.93. The van der Waals surface area contributed by atoms with E-state index >= 15 is 0 Å². The van der Waals surface area contributed by atoms with Gasteiger partial charge in [0.25, 0.3) is 0 Å². The van der Waals surface area contributed by atoms with Crippen LogP contribution in [-0.4, -0.2) is 61.7 Å². The summed E-state index contributed by atoms with van der Waals surface area (Å²) in [5.74, 6) is -0.507. The van der Waals surface area contributed by atoms with Gasteiger partial charge in [-0.05, 0) is 18.1 Å². The lowest BCUT2D eigenvalue weighted by Gasteiger charge is -2.26. The number of hydrogen-bond acceptors (Lipinski definition) is 6. The minimum Gasteiger partial charge on any atom is -0.509 e. The van der Waals surface area contributed by atoms with Crippen molar-refractivity contribution in [3.05, 3.63) is 41.7 Å². The molecule has 0 aliphatic rings. The summed E-state index contributed by atoms with van der Waals surface area (Å²) in [5.41, 5.74) is 0.983. The Morgan fingerprint density at radius 1 is 1.00 bits per heavy atom. The first-order valence-electron chi connectivity index (χ1n) is 6.18. The minimum absolute atomic E-state index is 0.336. The number of allylic oxidation sites excluding steroid dienone is 1. The zero-order valence-corrected chi connectivity index (χ0v) is 11.1. The van der Waals surface area contributed by atoms with Gasteiger partial charge in [0.05, 0.1) is 6.61 Å². The lowest BCUT2D eigenvalue weighted by atomic mass is 9.97. The molecule has 20 heavy (non-hydrogen) atoms. The maximum Gasteiger partial charge on any atom is 0.139 e. The van der Waals surface area contributed by atoms with Crippen LogP contribution in [0, 0.1) is 0 Å². The van der Waals surface area contributed by atoms with Crippen LogP contribution in [0.5, 0.6) is 0 Å². The predicted molar refractivity (Wildman–Crippen MR) is 72.8 cm³/mol. The van der Waals surface area contributed by atoms with Gasteiger partial charge in [-0.3, -0.25) is 0 Å². The summed E-state index contributed by atoms with van der Waals surface area (Å²) >= 11 is 0. The number of aliphatic hydroxyl groups excluding tert-OH is 6. The SMILES string of the molecule is CC(=C(O)C(O)C(O)C(O)C(O)CO)c1ccccc1. The molecule has 6 heteroatoms. The van der Waals surface area contributed by atoms with E-state index < -0.39 is 36.8 Å². The van der Waals surface area contributed by atoms with Crippen LogP contribution in [0.1, 0.15) is 12.5 Å². The maximum atomic E-state index is 9.93. The van der Waals surface area contributed by atoms with Gasteiger partial charge in [0.1, 0.15) is 30.2 Å². The van der Waals surface area contributed by atoms with Gasteiger partial charge < -0.3 is 30.6 Å². The summed E-state index contributed by atoms with van der Waals surface area (Å²) in [6.45, 7) is 0.780. The molecule has 0 bridgehead atoms. The van der Waals surface area contributed by atoms with Gasteiger partial charge in [0.2, 0.25) is 0 Å². The molecule has 0 fully saturated rings. The van der Waals surface area contributed by atoms with Crippen molar-refractivity contribution in [2.24, 2.45) is 0 Å². The molecular formula is C14H20O6. The quantitative estimate of drug-likeness (QED) is 0.388. The van der Waals surface area contributed by atoms with Crippen LogP contribution in [-0.2, 0) is 0 Å². The molecule has 4 atom stereocenters. The monoisotopic (exact) mass is 284 g/mol. The molecule has 1 rings (SSSR count). The predicted octanol–water partition coefficient (Wildman–Crippen LogP) is -0.589. The van der Waals surface area contributed by atoms with E-state index in [-0.39, 0.29) is 0 Å². The van der Waals surface area contributed by atoms with Crippen molar-refractivity contribution in [3.8, 4) is 0 Å². The second-order valence-electron chi connectivity index (χ2n) is 4.55. The molecule has 0 heterocycles. The van der Waals surface area contributed by atoms with Crippen molar-refractivity contribution in [3.63, 3.8) is 0 Å². The summed E-state index contributed by atoms with van der Waals surface area (Å²) < 4.78 is 0. The number of hydrogen-bond donors (Lipinski definition) is 6. The Bertz CT molecular complexity index is 444. The standard InChI is InChI=1S/C14H20O6/c1-8(9-5-3-2-4-6-9)11(17)13(19)14(20)12(18)10(16)7-15/h2-6,10,12-20H,7H2,1H3. The second kappa shape index (κ2) is 7.37. The average Bonchev–Trinajstić information content (AvgIpc) is 2.51. The Kier molecular flexibility index (Phi) is 6.12. The summed E-state index contributed by atoms with van der Waals surface area (Å²) in [6, 6.07) is 8.71. The Balaban J connectivity index is 2.93. The Morgan fingerprint density at radius 2 is 1.55 bits per heavy atom. The van der Waals surface area contributed by atoms with Crippen LogP contribution < -0.4 is 0 Å². The van der Waals surface area contributed by atoms with Crippen LogP contribution in [0.3, 0.4) is 0 Å². The highest BCUT2D eigenvalue weighted by molar-refractivity contribution is 5.66. The van der Waals surface area contributed by atoms with E-state index in [1.165, 1.54) is 0 Å². The van der Waals surface area contributed by atoms with Crippen molar-refractivity contribution in [2.75, 3.05) is 6.61 Å². The van der Waals surface area contributed by atoms with E-state index in [0.29, 0.717) is 11.1 Å². The van der Waals surface area contributed by atoms with E-state index in [0.717, 1.165) is 0 Å². The van der Waals surface area contributed by atoms with Crippen molar-refractivity contribution < 1.29 is 30.6 Å². The van der Waals surface area contributed by atoms with Gasteiger partial charge in [0.15, 0.2) is 0 Å². The van der Waals surface area contributed by atoms with Gasteiger partial charge in [0, 0.05) is 0 Å². The molecule has 6 N–H and O–H groups in total. The minimum atomic E-state index is -1.82. The molecule has 0 aliphatic heterocycles. The summed E-state index contributed by atoms with van der Waals surface area (Å²) in [6.07, 6.45) is -6.98. The first-order valence-corrected chi connectivity index (χ1v) is 6.18. The first kappa shape index (κ1) is 16.6. The highest BCUT2D eigenvalue weighted by atomic mass is 16.4. The van der Waals surface area contributed by atoms with Crippen LogP contribution >= 0.6 is 0 Å². The number of aliphatic hydroxyl groups is 6. The van der Waals surface area contributed by atoms with E-state index in [1.54, 1.807) is 37.3 Å². The molecule has 0 saturated carbocycles. The fourth-order valence-electron chi connectivity index (χ4n) is 1.74. The molecule has 4 unspecified atom stereocenters. The highest BCUT2D eigenvalue weighted by Crippen LogP contribution is 2.21. The zero-order chi connectivity index (χ0) is 15.3. The summed E-state index contributed by atoms with van der Waals surface area (Å²) in [5, 5.41) is 56.8. The van der Waals surface area contributed by atoms with E-state index in [4.69, 9.17) is 5.11 Å². The molecular weight excluding hydrogens is 264 g/mol. The van der Waals surface area contributed by atoms with Gasteiger partial charge in [-0.2, -0.15) is 0 Å². The molecule has 0 saturated heterocycles. The van der Waals surface area contributed by atoms with E-state index in [9.17, 15) is 25.5 Å². The molecule has 112 valence electrons. The van der Waals surface area contributed by atoms with Crippen LogP contribution in [0.2, 0.25) is 0 Å². The van der Waals surface area contributed by atoms with E-state index in [1.807, 2.05) is 0 Å². The normalized spacial score (nSPS) is 18.9. The van der Waals surface area contributed by atoms with Gasteiger partial charge in [-0.1, -0.05) is 30.3 Å². The van der Waals surface area contributed by atoms with Crippen LogP contribution in [0.15, 0.2) is 36.1 Å². The highest BCUT2D eigenvalue weighted by Gasteiger charge is 2.32. The van der Waals surface area contributed by atoms with E-state index in [2.05, 4.69) is 0 Å². The molecule has 1 aromatic rings. The lowest BCUT2D eigenvalue weighted by molar-refractivity contribution is -0.112. The molecule has 0 radical (unpaired) electrons. The smallest absolute Gasteiger partial charge is 0.139 e. The Labute approximate surface area is 116 Å². The molecule has 0 spiro atoms. The van der Waals surface area contributed by atoms with Crippen LogP contribution in [0.25, 0.3) is 5.57 Å². The third-order valence-corrected chi connectivity index (χ3v) is 3.13. The van der Waals surface area contributed by atoms with Crippen molar-refractivity contribution >= 4 is 5.57 Å². The summed E-state index contributed by atoms with van der Waals surface area (Å²) in [7, 11) is 0. The molecule has 6 nitrogen and oxygen atoms in total. The van der Waals surface area contributed by atoms with Crippen LogP contribution in [0.4, 0.5) is 0 Å². The molecule has 0 aliphatic carbocycles. The fourth-order valence-corrected chi connectivity index (χ4v) is 1.74. The Morgan fingerprint density at radius 3 is 2.05 bits per heavy atom. The average molecular weight is 284 g/mol. The fraction of sp³-hybridized carbons (Fsp3) is 0.429. The van der Waals surface area contributed by atoms with Gasteiger partial charge in [-0.15, -0.1) is 0 Å². The third-order valence-electron chi connectivity index (χ3n) is 3.13. The van der Waals surface area contributed by atoms with Gasteiger partial charge >= 0.3 is 0 Å². The first-order chi connectivity index (χ1) is 9.40. The number of rotatable bonds is 6.